The van der Waals surface area contributed by atoms with Crippen LogP contribution >= 0.6 is 0 Å². The Balaban J connectivity index is 1.35. The van der Waals surface area contributed by atoms with Crippen molar-refractivity contribution in [1.82, 2.24) is 4.72 Å². The summed E-state index contributed by atoms with van der Waals surface area (Å²) in [5.41, 5.74) is 3.30. The van der Waals surface area contributed by atoms with Crippen LogP contribution < -0.4 is 10.0 Å². The standard InChI is InChI=1S/C26H22N2O5S/c1-18-7-13-23(14-8-18)34(31,32)28-25(29)15-19-9-11-22(12-10-19)27-26(30)21-16-24(33-17-21)20-5-3-2-4-6-20/h2-14,16-17H,15H2,1H3,(H,27,30)(H,28,29). The lowest BCUT2D eigenvalue weighted by molar-refractivity contribution is -0.118. The maximum atomic E-state index is 12.5. The van der Waals surface area contributed by atoms with Crippen molar-refractivity contribution < 1.29 is 22.4 Å². The fourth-order valence-corrected chi connectivity index (χ4v) is 4.25. The first-order valence-electron chi connectivity index (χ1n) is 10.5. The fraction of sp³-hybridized carbons (Fsp3) is 0.0769. The molecule has 2 amide bonds. The predicted octanol–water partition coefficient (Wildman–Crippen LogP) is 4.55. The Kier molecular flexibility index (Phi) is 6.60. The summed E-state index contributed by atoms with van der Waals surface area (Å²) in [6.45, 7) is 1.85. The van der Waals surface area contributed by atoms with Crippen molar-refractivity contribution in [3.05, 3.63) is 108 Å². The SMILES string of the molecule is Cc1ccc(S(=O)(=O)NC(=O)Cc2ccc(NC(=O)c3coc(-c4ccccc4)c3)cc2)cc1. The summed E-state index contributed by atoms with van der Waals surface area (Å²) in [7, 11) is -3.93. The van der Waals surface area contributed by atoms with Gasteiger partial charge >= 0.3 is 0 Å². The zero-order chi connectivity index (χ0) is 24.1. The lowest BCUT2D eigenvalue weighted by atomic mass is 10.1. The Morgan fingerprint density at radius 3 is 2.24 bits per heavy atom. The van der Waals surface area contributed by atoms with E-state index >= 15 is 0 Å². The Morgan fingerprint density at radius 2 is 1.56 bits per heavy atom. The number of nitrogens with one attached hydrogen (secondary N) is 2. The molecule has 1 aromatic heterocycles. The van der Waals surface area contributed by atoms with Gasteiger partial charge in [0.2, 0.25) is 5.91 Å². The molecule has 0 saturated heterocycles. The van der Waals surface area contributed by atoms with E-state index in [0.717, 1.165) is 11.1 Å². The molecule has 0 aliphatic rings. The molecule has 0 bridgehead atoms. The van der Waals surface area contributed by atoms with Crippen molar-refractivity contribution in [1.29, 1.82) is 0 Å². The molecule has 4 aromatic rings. The zero-order valence-electron chi connectivity index (χ0n) is 18.3. The number of carbonyl (C=O) groups excluding carboxylic acids is 2. The second-order valence-corrected chi connectivity index (χ2v) is 9.42. The Morgan fingerprint density at radius 1 is 0.882 bits per heavy atom. The number of furan rings is 1. The molecule has 3 aromatic carbocycles. The number of hydrogen-bond acceptors (Lipinski definition) is 5. The number of rotatable bonds is 7. The molecule has 0 radical (unpaired) electrons. The van der Waals surface area contributed by atoms with E-state index in [4.69, 9.17) is 4.42 Å². The van der Waals surface area contributed by atoms with Crippen molar-refractivity contribution in [3.8, 4) is 11.3 Å². The minimum absolute atomic E-state index is 0.0270. The lowest BCUT2D eigenvalue weighted by Crippen LogP contribution is -2.31. The van der Waals surface area contributed by atoms with Crippen LogP contribution in [-0.2, 0) is 21.2 Å². The third-order valence-corrected chi connectivity index (χ3v) is 6.47. The normalized spacial score (nSPS) is 11.1. The number of carbonyl (C=O) groups is 2. The molecule has 172 valence electrons. The number of sulfonamides is 1. The number of benzene rings is 3. The number of hydrogen-bond donors (Lipinski definition) is 2. The molecule has 0 saturated carbocycles. The molecule has 0 unspecified atom stereocenters. The van der Waals surface area contributed by atoms with Crippen molar-refractivity contribution in [2.45, 2.75) is 18.2 Å². The van der Waals surface area contributed by atoms with E-state index in [-0.39, 0.29) is 17.2 Å². The monoisotopic (exact) mass is 474 g/mol. The quantitative estimate of drug-likeness (QED) is 0.409. The first kappa shape index (κ1) is 23.0. The largest absolute Gasteiger partial charge is 0.464 e. The first-order valence-corrected chi connectivity index (χ1v) is 11.9. The van der Waals surface area contributed by atoms with Gasteiger partial charge in [-0.1, -0.05) is 60.2 Å². The van der Waals surface area contributed by atoms with Crippen LogP contribution in [0.1, 0.15) is 21.5 Å². The van der Waals surface area contributed by atoms with E-state index < -0.39 is 15.9 Å². The molecule has 1 heterocycles. The average Bonchev–Trinajstić information content (AvgIpc) is 3.31. The fourth-order valence-electron chi connectivity index (χ4n) is 3.27. The molecule has 7 nitrogen and oxygen atoms in total. The van der Waals surface area contributed by atoms with Crippen LogP contribution in [0.15, 0.2) is 101 Å². The Hall–Kier alpha value is -4.17. The third kappa shape index (κ3) is 5.60. The summed E-state index contributed by atoms with van der Waals surface area (Å²) in [6, 6.07) is 23.9. The number of aryl methyl sites for hydroxylation is 1. The minimum atomic E-state index is -3.93. The smallest absolute Gasteiger partial charge is 0.264 e. The van der Waals surface area contributed by atoms with Crippen molar-refractivity contribution in [2.24, 2.45) is 0 Å². The van der Waals surface area contributed by atoms with Gasteiger partial charge in [0.05, 0.1) is 16.9 Å². The third-order valence-electron chi connectivity index (χ3n) is 5.08. The molecule has 0 aliphatic carbocycles. The van der Waals surface area contributed by atoms with Crippen LogP contribution in [-0.4, -0.2) is 20.2 Å². The minimum Gasteiger partial charge on any atom is -0.464 e. The Labute approximate surface area is 197 Å². The highest BCUT2D eigenvalue weighted by Gasteiger charge is 2.18. The van der Waals surface area contributed by atoms with Gasteiger partial charge in [0.25, 0.3) is 15.9 Å². The van der Waals surface area contributed by atoms with E-state index in [0.29, 0.717) is 22.6 Å². The second kappa shape index (κ2) is 9.76. The highest BCUT2D eigenvalue weighted by Crippen LogP contribution is 2.22. The van der Waals surface area contributed by atoms with E-state index in [1.807, 2.05) is 37.3 Å². The molecule has 0 fully saturated rings. The summed E-state index contributed by atoms with van der Waals surface area (Å²) in [5.74, 6) is -0.391. The maximum Gasteiger partial charge on any atom is 0.264 e. The van der Waals surface area contributed by atoms with Gasteiger partial charge in [-0.05, 0) is 42.8 Å². The summed E-state index contributed by atoms with van der Waals surface area (Å²) < 4.78 is 32.3. The number of anilines is 1. The second-order valence-electron chi connectivity index (χ2n) is 7.74. The molecule has 0 aliphatic heterocycles. The molecule has 8 heteroatoms. The van der Waals surface area contributed by atoms with Crippen LogP contribution in [0.25, 0.3) is 11.3 Å². The van der Waals surface area contributed by atoms with Crippen molar-refractivity contribution in [3.63, 3.8) is 0 Å². The highest BCUT2D eigenvalue weighted by molar-refractivity contribution is 7.90. The molecule has 0 atom stereocenters. The van der Waals surface area contributed by atoms with Crippen LogP contribution in [0.2, 0.25) is 0 Å². The molecule has 4 rings (SSSR count). The van der Waals surface area contributed by atoms with Gasteiger partial charge in [0.15, 0.2) is 0 Å². The summed E-state index contributed by atoms with van der Waals surface area (Å²) >= 11 is 0. The summed E-state index contributed by atoms with van der Waals surface area (Å²) in [5, 5.41) is 2.77. The van der Waals surface area contributed by atoms with Crippen LogP contribution in [0.4, 0.5) is 5.69 Å². The van der Waals surface area contributed by atoms with E-state index in [1.165, 1.54) is 18.4 Å². The summed E-state index contributed by atoms with van der Waals surface area (Å²) in [6.07, 6.45) is 1.27. The molecular formula is C26H22N2O5S. The van der Waals surface area contributed by atoms with E-state index in [9.17, 15) is 18.0 Å². The van der Waals surface area contributed by atoms with Crippen LogP contribution in [0.3, 0.4) is 0 Å². The predicted molar refractivity (Wildman–Crippen MR) is 129 cm³/mol. The van der Waals surface area contributed by atoms with Gasteiger partial charge in [-0.25, -0.2) is 13.1 Å². The van der Waals surface area contributed by atoms with E-state index in [1.54, 1.807) is 42.5 Å². The Bertz CT molecular complexity index is 1410. The van der Waals surface area contributed by atoms with E-state index in [2.05, 4.69) is 10.0 Å². The van der Waals surface area contributed by atoms with Gasteiger partial charge in [0.1, 0.15) is 12.0 Å². The van der Waals surface area contributed by atoms with Gasteiger partial charge in [-0.15, -0.1) is 0 Å². The van der Waals surface area contributed by atoms with Crippen molar-refractivity contribution in [2.75, 3.05) is 5.32 Å². The molecule has 2 N–H and O–H groups in total. The molecule has 34 heavy (non-hydrogen) atoms. The average molecular weight is 475 g/mol. The van der Waals surface area contributed by atoms with Gasteiger partial charge in [-0.2, -0.15) is 0 Å². The van der Waals surface area contributed by atoms with Crippen molar-refractivity contribution >= 4 is 27.5 Å². The number of amides is 2. The van der Waals surface area contributed by atoms with Gasteiger partial charge < -0.3 is 9.73 Å². The highest BCUT2D eigenvalue weighted by atomic mass is 32.2. The van der Waals surface area contributed by atoms with Gasteiger partial charge in [0, 0.05) is 11.3 Å². The van der Waals surface area contributed by atoms with Gasteiger partial charge in [-0.3, -0.25) is 9.59 Å². The van der Waals surface area contributed by atoms with Crippen LogP contribution in [0.5, 0.6) is 0 Å². The topological polar surface area (TPSA) is 105 Å². The lowest BCUT2D eigenvalue weighted by Gasteiger charge is -2.08. The molecular weight excluding hydrogens is 452 g/mol. The maximum absolute atomic E-state index is 12.5. The first-order chi connectivity index (χ1) is 16.3. The molecule has 0 spiro atoms. The summed E-state index contributed by atoms with van der Waals surface area (Å²) in [4.78, 5) is 24.8. The zero-order valence-corrected chi connectivity index (χ0v) is 19.1. The van der Waals surface area contributed by atoms with Crippen LogP contribution in [0, 0.1) is 6.92 Å².